The molecule has 0 spiro atoms. The molecule has 11 heteroatoms. The van der Waals surface area contributed by atoms with Crippen LogP contribution in [0.1, 0.15) is 5.69 Å². The van der Waals surface area contributed by atoms with Gasteiger partial charge >= 0.3 is 0 Å². The number of nitrogens with two attached hydrogens (primary N) is 1. The molecule has 0 aliphatic carbocycles. The number of benzene rings is 1. The minimum atomic E-state index is -3.89. The third-order valence-electron chi connectivity index (χ3n) is 3.08. The summed E-state index contributed by atoms with van der Waals surface area (Å²) >= 11 is 5.46. The Labute approximate surface area is 146 Å². The summed E-state index contributed by atoms with van der Waals surface area (Å²) < 4.78 is 50.8. The Balaban J connectivity index is 2.16. The maximum atomic E-state index is 13.7. The summed E-state index contributed by atoms with van der Waals surface area (Å²) in [5.74, 6) is -1.81. The summed E-state index contributed by atoms with van der Waals surface area (Å²) in [5, 5.41) is 1.96. The molecule has 24 heavy (non-hydrogen) atoms. The van der Waals surface area contributed by atoms with Gasteiger partial charge in [0, 0.05) is 23.9 Å². The van der Waals surface area contributed by atoms with E-state index in [0.29, 0.717) is 5.69 Å². The molecule has 0 saturated carbocycles. The van der Waals surface area contributed by atoms with Crippen molar-refractivity contribution in [3.05, 3.63) is 46.7 Å². The molecule has 1 aromatic carbocycles. The van der Waals surface area contributed by atoms with Crippen LogP contribution in [0.4, 0.5) is 14.5 Å². The summed E-state index contributed by atoms with van der Waals surface area (Å²) in [4.78, 5) is 3.84. The molecule has 130 valence electrons. The Hall–Kier alpha value is -1.84. The number of anilines is 1. The first-order valence-electron chi connectivity index (χ1n) is 6.40. The van der Waals surface area contributed by atoms with Crippen molar-refractivity contribution in [2.75, 3.05) is 12.0 Å². The van der Waals surface area contributed by atoms with Gasteiger partial charge in [0.15, 0.2) is 5.82 Å². The molecule has 1 heterocycles. The van der Waals surface area contributed by atoms with Gasteiger partial charge in [-0.3, -0.25) is 0 Å². The molecule has 0 fully saturated rings. The average Bonchev–Trinajstić information content (AvgIpc) is 2.89. The third kappa shape index (κ3) is 3.97. The number of amidine groups is 1. The number of hydrogen-bond donors (Lipinski definition) is 2. The maximum Gasteiger partial charge on any atom is 0.262 e. The molecule has 0 amide bonds. The highest BCUT2D eigenvalue weighted by Crippen LogP contribution is 2.25. The molecule has 0 aliphatic heterocycles. The normalized spacial score (nSPS) is 12.5. The van der Waals surface area contributed by atoms with Gasteiger partial charge in [0.25, 0.3) is 9.05 Å². The summed E-state index contributed by atoms with van der Waals surface area (Å²) in [7, 11) is 2.93. The molecule has 3 N–H and O–H groups in total. The third-order valence-corrected chi connectivity index (χ3v) is 4.75. The average molecular weight is 397 g/mol. The molecule has 6 nitrogen and oxygen atoms in total. The van der Waals surface area contributed by atoms with E-state index < -0.39 is 25.7 Å². The predicted octanol–water partition coefficient (Wildman–Crippen LogP) is 2.66. The molecular formula is C13H12Cl2F2N4O2S. The SMILES string of the molecule is Cn1cc(S(=O)(=O)Cl)cc1C(N)=NCNc1ccc(F)c(Cl)c1F. The number of aliphatic imine (C=N–C) groups is 1. The van der Waals surface area contributed by atoms with Crippen LogP contribution in [0.5, 0.6) is 0 Å². The van der Waals surface area contributed by atoms with E-state index in [1.807, 2.05) is 0 Å². The van der Waals surface area contributed by atoms with Gasteiger partial charge in [-0.25, -0.2) is 22.2 Å². The van der Waals surface area contributed by atoms with E-state index in [0.717, 1.165) is 6.07 Å². The predicted molar refractivity (Wildman–Crippen MR) is 89.0 cm³/mol. The first-order valence-corrected chi connectivity index (χ1v) is 9.08. The van der Waals surface area contributed by atoms with E-state index in [1.165, 1.54) is 22.9 Å². The van der Waals surface area contributed by atoms with Crippen LogP contribution in [-0.2, 0) is 16.1 Å². The van der Waals surface area contributed by atoms with Crippen molar-refractivity contribution in [3.8, 4) is 0 Å². The lowest BCUT2D eigenvalue weighted by Gasteiger charge is -2.07. The Kier molecular flexibility index (Phi) is 5.36. The topological polar surface area (TPSA) is 89.5 Å². The highest BCUT2D eigenvalue weighted by molar-refractivity contribution is 8.13. The molecule has 0 bridgehead atoms. The standard InChI is InChI=1S/C13H12Cl2F2N4O2S/c1-21-5-7(24(15,22)23)4-10(21)13(18)20-6-19-9-3-2-8(16)11(14)12(9)17/h2-5,19H,6H2,1H3,(H2,18,20). The van der Waals surface area contributed by atoms with Crippen LogP contribution >= 0.6 is 22.3 Å². The smallest absolute Gasteiger partial charge is 0.262 e. The zero-order valence-corrected chi connectivity index (χ0v) is 14.6. The minimum Gasteiger partial charge on any atom is -0.382 e. The lowest BCUT2D eigenvalue weighted by atomic mass is 10.3. The summed E-state index contributed by atoms with van der Waals surface area (Å²) in [5.41, 5.74) is 6.05. The molecule has 2 rings (SSSR count). The van der Waals surface area contributed by atoms with Gasteiger partial charge in [-0.2, -0.15) is 0 Å². The monoisotopic (exact) mass is 396 g/mol. The maximum absolute atomic E-state index is 13.7. The van der Waals surface area contributed by atoms with E-state index in [-0.39, 0.29) is 23.1 Å². The van der Waals surface area contributed by atoms with Gasteiger partial charge in [-0.15, -0.1) is 0 Å². The van der Waals surface area contributed by atoms with Crippen molar-refractivity contribution in [2.45, 2.75) is 4.90 Å². The number of nitrogens with zero attached hydrogens (tertiary/aromatic N) is 2. The second kappa shape index (κ2) is 6.96. The molecule has 0 radical (unpaired) electrons. The number of nitrogens with one attached hydrogen (secondary N) is 1. The van der Waals surface area contributed by atoms with Gasteiger partial charge in [-0.1, -0.05) is 11.6 Å². The quantitative estimate of drug-likeness (QED) is 0.351. The highest BCUT2D eigenvalue weighted by Gasteiger charge is 2.16. The largest absolute Gasteiger partial charge is 0.382 e. The van der Waals surface area contributed by atoms with E-state index in [1.54, 1.807) is 7.05 Å². The van der Waals surface area contributed by atoms with Crippen molar-refractivity contribution < 1.29 is 17.2 Å². The Morgan fingerprint density at radius 2 is 2.08 bits per heavy atom. The molecular weight excluding hydrogens is 385 g/mol. The Morgan fingerprint density at radius 3 is 2.67 bits per heavy atom. The van der Waals surface area contributed by atoms with Crippen molar-refractivity contribution in [1.82, 2.24) is 4.57 Å². The van der Waals surface area contributed by atoms with Crippen molar-refractivity contribution in [2.24, 2.45) is 17.8 Å². The summed E-state index contributed by atoms with van der Waals surface area (Å²) in [6.45, 7) is -0.140. The highest BCUT2D eigenvalue weighted by atomic mass is 35.7. The molecule has 2 aromatic rings. The number of aromatic nitrogens is 1. The fourth-order valence-corrected chi connectivity index (χ4v) is 2.83. The zero-order chi connectivity index (χ0) is 18.1. The van der Waals surface area contributed by atoms with Gasteiger partial charge in [0.2, 0.25) is 0 Å². The van der Waals surface area contributed by atoms with Gasteiger partial charge in [0.05, 0.1) is 11.4 Å². The van der Waals surface area contributed by atoms with Crippen LogP contribution in [0.2, 0.25) is 5.02 Å². The zero-order valence-electron chi connectivity index (χ0n) is 12.2. The summed E-state index contributed by atoms with van der Waals surface area (Å²) in [6.07, 6.45) is 1.28. The van der Waals surface area contributed by atoms with Crippen LogP contribution in [0.3, 0.4) is 0 Å². The molecule has 1 aromatic heterocycles. The van der Waals surface area contributed by atoms with Crippen LogP contribution in [0.25, 0.3) is 0 Å². The first kappa shape index (κ1) is 18.5. The first-order chi connectivity index (χ1) is 11.1. The number of rotatable bonds is 5. The van der Waals surface area contributed by atoms with E-state index in [9.17, 15) is 17.2 Å². The van der Waals surface area contributed by atoms with Crippen LogP contribution in [0.15, 0.2) is 34.3 Å². The number of hydrogen-bond acceptors (Lipinski definition) is 4. The molecule has 0 aliphatic rings. The fraction of sp³-hybridized carbons (Fsp3) is 0.154. The summed E-state index contributed by atoms with van der Waals surface area (Å²) in [6, 6.07) is 3.44. The molecule has 0 unspecified atom stereocenters. The van der Waals surface area contributed by atoms with Crippen molar-refractivity contribution in [1.29, 1.82) is 0 Å². The molecule has 0 saturated heterocycles. The van der Waals surface area contributed by atoms with Gasteiger partial charge < -0.3 is 15.6 Å². The Morgan fingerprint density at radius 1 is 1.42 bits per heavy atom. The van der Waals surface area contributed by atoms with Crippen molar-refractivity contribution >= 4 is 42.9 Å². The lowest BCUT2D eigenvalue weighted by Crippen LogP contribution is -2.18. The van der Waals surface area contributed by atoms with Gasteiger partial charge in [-0.05, 0) is 18.2 Å². The Bertz CT molecular complexity index is 913. The fourth-order valence-electron chi connectivity index (χ4n) is 1.88. The second-order valence-corrected chi connectivity index (χ2v) is 7.65. The molecule has 0 atom stereocenters. The second-order valence-electron chi connectivity index (χ2n) is 4.71. The van der Waals surface area contributed by atoms with E-state index in [2.05, 4.69) is 10.3 Å². The number of halogens is 4. The van der Waals surface area contributed by atoms with Crippen molar-refractivity contribution in [3.63, 3.8) is 0 Å². The number of aryl methyl sites for hydroxylation is 1. The van der Waals surface area contributed by atoms with Crippen LogP contribution in [-0.4, -0.2) is 25.5 Å². The van der Waals surface area contributed by atoms with E-state index in [4.69, 9.17) is 28.0 Å². The lowest BCUT2D eigenvalue weighted by molar-refractivity contribution is 0.586. The van der Waals surface area contributed by atoms with Crippen LogP contribution in [0, 0.1) is 11.6 Å². The van der Waals surface area contributed by atoms with E-state index >= 15 is 0 Å². The van der Waals surface area contributed by atoms with Crippen LogP contribution < -0.4 is 11.1 Å². The van der Waals surface area contributed by atoms with Gasteiger partial charge in [0.1, 0.15) is 28.2 Å². The minimum absolute atomic E-state index is 0.00480.